The van der Waals surface area contributed by atoms with Crippen molar-refractivity contribution in [2.24, 2.45) is 0 Å². The molecule has 8 nitrogen and oxygen atoms in total. The molecule has 27 heavy (non-hydrogen) atoms. The molecule has 1 N–H and O–H groups in total. The molecule has 1 amide bonds. The Morgan fingerprint density at radius 3 is 2.52 bits per heavy atom. The Hall–Kier alpha value is -3.13. The van der Waals surface area contributed by atoms with Gasteiger partial charge in [-0.3, -0.25) is 4.79 Å². The molecule has 0 radical (unpaired) electrons. The van der Waals surface area contributed by atoms with Crippen molar-refractivity contribution >= 4 is 11.9 Å². The van der Waals surface area contributed by atoms with E-state index in [9.17, 15) is 9.59 Å². The van der Waals surface area contributed by atoms with Crippen molar-refractivity contribution in [3.63, 3.8) is 0 Å². The van der Waals surface area contributed by atoms with E-state index in [-0.39, 0.29) is 5.91 Å². The van der Waals surface area contributed by atoms with Crippen molar-refractivity contribution in [3.05, 3.63) is 53.7 Å². The summed E-state index contributed by atoms with van der Waals surface area (Å²) in [6, 6.07) is 10.1. The minimum Gasteiger partial charge on any atom is -0.482 e. The third-order valence-electron chi connectivity index (χ3n) is 3.57. The highest BCUT2D eigenvalue weighted by atomic mass is 16.5. The zero-order valence-corrected chi connectivity index (χ0v) is 15.3. The fourth-order valence-electron chi connectivity index (χ4n) is 2.25. The molecule has 1 aromatic heterocycles. The number of aliphatic carboxylic acids is 1. The smallest absolute Gasteiger partial charge is 0.341 e. The van der Waals surface area contributed by atoms with Gasteiger partial charge < -0.3 is 24.2 Å². The van der Waals surface area contributed by atoms with E-state index in [1.807, 2.05) is 0 Å². The summed E-state index contributed by atoms with van der Waals surface area (Å²) in [5.74, 6) is -0.374. The van der Waals surface area contributed by atoms with Crippen molar-refractivity contribution < 1.29 is 28.9 Å². The second-order valence-electron chi connectivity index (χ2n) is 5.71. The molecule has 1 heterocycles. The highest BCUT2D eigenvalue weighted by Crippen LogP contribution is 2.16. The van der Waals surface area contributed by atoms with Gasteiger partial charge in [0, 0.05) is 38.5 Å². The van der Waals surface area contributed by atoms with Crippen LogP contribution < -0.4 is 9.47 Å². The first-order valence-corrected chi connectivity index (χ1v) is 8.26. The average Bonchev–Trinajstić information content (AvgIpc) is 2.67. The van der Waals surface area contributed by atoms with Crippen LogP contribution in [0.4, 0.5) is 0 Å². The normalized spacial score (nSPS) is 10.3. The lowest BCUT2D eigenvalue weighted by atomic mass is 10.2. The molecule has 0 aliphatic carbocycles. The number of pyridine rings is 1. The number of carboxylic acids is 1. The van der Waals surface area contributed by atoms with Gasteiger partial charge >= 0.3 is 5.97 Å². The highest BCUT2D eigenvalue weighted by molar-refractivity contribution is 5.94. The van der Waals surface area contributed by atoms with Crippen LogP contribution in [0.25, 0.3) is 0 Å². The Morgan fingerprint density at radius 1 is 1.11 bits per heavy atom. The van der Waals surface area contributed by atoms with Crippen molar-refractivity contribution in [2.75, 3.05) is 34.0 Å². The van der Waals surface area contributed by atoms with E-state index in [2.05, 4.69) is 4.98 Å². The van der Waals surface area contributed by atoms with Gasteiger partial charge in [-0.25, -0.2) is 9.78 Å². The van der Waals surface area contributed by atoms with Crippen molar-refractivity contribution in [1.29, 1.82) is 0 Å². The van der Waals surface area contributed by atoms with Gasteiger partial charge in [0.05, 0.1) is 6.61 Å². The Morgan fingerprint density at radius 2 is 1.85 bits per heavy atom. The number of amides is 1. The van der Waals surface area contributed by atoms with E-state index in [4.69, 9.17) is 19.3 Å². The summed E-state index contributed by atoms with van der Waals surface area (Å²) >= 11 is 0. The number of benzene rings is 1. The Bertz CT molecular complexity index is 763. The zero-order chi connectivity index (χ0) is 19.6. The third kappa shape index (κ3) is 6.59. The number of carboxylic acid groups (broad SMARTS) is 1. The number of methoxy groups -OCH3 is 1. The minimum atomic E-state index is -1.03. The van der Waals surface area contributed by atoms with Crippen LogP contribution in [-0.2, 0) is 16.1 Å². The lowest BCUT2D eigenvalue weighted by molar-refractivity contribution is -0.139. The van der Waals surface area contributed by atoms with E-state index >= 15 is 0 Å². The van der Waals surface area contributed by atoms with E-state index in [0.29, 0.717) is 37.0 Å². The summed E-state index contributed by atoms with van der Waals surface area (Å²) in [6.07, 6.45) is 1.53. The fraction of sp³-hybridized carbons (Fsp3) is 0.316. The first-order chi connectivity index (χ1) is 13.0. The molecule has 1 aromatic carbocycles. The molecule has 0 spiro atoms. The van der Waals surface area contributed by atoms with Crippen LogP contribution in [0.2, 0.25) is 0 Å². The average molecular weight is 374 g/mol. The van der Waals surface area contributed by atoms with Crippen molar-refractivity contribution in [2.45, 2.75) is 6.54 Å². The molecule has 144 valence electrons. The summed E-state index contributed by atoms with van der Waals surface area (Å²) in [6.45, 7) is 0.786. The third-order valence-corrected chi connectivity index (χ3v) is 3.57. The molecule has 2 aromatic rings. The number of rotatable bonds is 10. The Labute approximate surface area is 157 Å². The molecular weight excluding hydrogens is 352 g/mol. The molecule has 0 unspecified atom stereocenters. The van der Waals surface area contributed by atoms with E-state index in [1.54, 1.807) is 55.5 Å². The van der Waals surface area contributed by atoms with Crippen LogP contribution in [0.3, 0.4) is 0 Å². The van der Waals surface area contributed by atoms with E-state index in [1.165, 1.54) is 6.20 Å². The van der Waals surface area contributed by atoms with Gasteiger partial charge in [0.1, 0.15) is 12.4 Å². The molecule has 2 rings (SSSR count). The Kier molecular flexibility index (Phi) is 7.57. The van der Waals surface area contributed by atoms with Gasteiger partial charge in [-0.2, -0.15) is 0 Å². The number of hydrogen-bond acceptors (Lipinski definition) is 6. The van der Waals surface area contributed by atoms with Crippen LogP contribution in [0.15, 0.2) is 42.6 Å². The lowest BCUT2D eigenvalue weighted by Gasteiger charge is -2.18. The first-order valence-electron chi connectivity index (χ1n) is 8.26. The number of ether oxygens (including phenoxy) is 3. The van der Waals surface area contributed by atoms with Gasteiger partial charge in [-0.1, -0.05) is 12.1 Å². The van der Waals surface area contributed by atoms with Crippen LogP contribution in [-0.4, -0.2) is 60.8 Å². The van der Waals surface area contributed by atoms with Crippen LogP contribution in [0.1, 0.15) is 15.9 Å². The molecule has 0 atom stereocenters. The minimum absolute atomic E-state index is 0.166. The van der Waals surface area contributed by atoms with Gasteiger partial charge in [0.25, 0.3) is 5.91 Å². The predicted octanol–water partition coefficient (Wildman–Crippen LogP) is 1.84. The molecule has 0 bridgehead atoms. The molecule has 0 fully saturated rings. The van der Waals surface area contributed by atoms with Crippen LogP contribution >= 0.6 is 0 Å². The summed E-state index contributed by atoms with van der Waals surface area (Å²) < 4.78 is 15.4. The SMILES string of the molecule is COCCOc1cc(C(=O)N(C)Cc2ccc(OCC(=O)O)cc2)ccn1. The molecule has 0 aliphatic heterocycles. The molecule has 0 aliphatic rings. The zero-order valence-electron chi connectivity index (χ0n) is 15.3. The number of aromatic nitrogens is 1. The molecule has 0 saturated carbocycles. The maximum Gasteiger partial charge on any atom is 0.341 e. The standard InChI is InChI=1S/C19H22N2O6/c1-21(12-14-3-5-16(6-4-14)27-13-18(22)23)19(24)15-7-8-20-17(11-15)26-10-9-25-2/h3-8,11H,9-10,12-13H2,1-2H3,(H,22,23). The van der Waals surface area contributed by atoms with Crippen LogP contribution in [0, 0.1) is 0 Å². The maximum absolute atomic E-state index is 12.6. The van der Waals surface area contributed by atoms with E-state index < -0.39 is 12.6 Å². The number of nitrogens with zero attached hydrogens (tertiary/aromatic N) is 2. The predicted molar refractivity (Wildman–Crippen MR) is 97.0 cm³/mol. The van der Waals surface area contributed by atoms with Crippen molar-refractivity contribution in [3.8, 4) is 11.6 Å². The first kappa shape index (κ1) is 20.2. The maximum atomic E-state index is 12.6. The quantitative estimate of drug-likeness (QED) is 0.634. The fourth-order valence-corrected chi connectivity index (χ4v) is 2.25. The molecule has 8 heteroatoms. The van der Waals surface area contributed by atoms with Crippen LogP contribution in [0.5, 0.6) is 11.6 Å². The second-order valence-corrected chi connectivity index (χ2v) is 5.71. The summed E-state index contributed by atoms with van der Waals surface area (Å²) in [5.41, 5.74) is 1.36. The number of hydrogen-bond donors (Lipinski definition) is 1. The number of carbonyl (C=O) groups is 2. The largest absolute Gasteiger partial charge is 0.482 e. The number of carbonyl (C=O) groups excluding carboxylic acids is 1. The Balaban J connectivity index is 1.95. The van der Waals surface area contributed by atoms with E-state index in [0.717, 1.165) is 5.56 Å². The molecular formula is C19H22N2O6. The van der Waals surface area contributed by atoms with Crippen molar-refractivity contribution in [1.82, 2.24) is 9.88 Å². The van der Waals surface area contributed by atoms with Gasteiger partial charge in [-0.05, 0) is 23.8 Å². The summed E-state index contributed by atoms with van der Waals surface area (Å²) in [4.78, 5) is 28.8. The monoisotopic (exact) mass is 374 g/mol. The summed E-state index contributed by atoms with van der Waals surface area (Å²) in [7, 11) is 3.28. The van der Waals surface area contributed by atoms with Gasteiger partial charge in [0.15, 0.2) is 6.61 Å². The molecule has 0 saturated heterocycles. The van der Waals surface area contributed by atoms with Gasteiger partial charge in [-0.15, -0.1) is 0 Å². The second kappa shape index (κ2) is 10.1. The topological polar surface area (TPSA) is 98.2 Å². The van der Waals surface area contributed by atoms with Gasteiger partial charge in [0.2, 0.25) is 5.88 Å². The summed E-state index contributed by atoms with van der Waals surface area (Å²) in [5, 5.41) is 8.61. The lowest BCUT2D eigenvalue weighted by Crippen LogP contribution is -2.26. The highest BCUT2D eigenvalue weighted by Gasteiger charge is 2.13.